The van der Waals surface area contributed by atoms with Gasteiger partial charge in [-0.05, 0) is 19.3 Å². The molecular formula is C9H11F2NO. The molecule has 0 radical (unpaired) electrons. The summed E-state index contributed by atoms with van der Waals surface area (Å²) in [5, 5.41) is 0. The highest BCUT2D eigenvalue weighted by atomic mass is 19.3. The Bertz CT molecular complexity index is 252. The van der Waals surface area contributed by atoms with E-state index in [4.69, 9.17) is 0 Å². The van der Waals surface area contributed by atoms with Gasteiger partial charge in [-0.15, -0.1) is 0 Å². The number of nitrogens with zero attached hydrogens (tertiary/aromatic N) is 1. The number of fused-ring (bicyclic) bond motifs is 2. The lowest BCUT2D eigenvalue weighted by molar-refractivity contribution is -0.145. The topological polar surface area (TPSA) is 20.3 Å². The SMILES string of the molecule is O=C(C(F)F)N1C2C=CCC1CC2. The average Bonchev–Trinajstić information content (AvgIpc) is 2.34. The van der Waals surface area contributed by atoms with Gasteiger partial charge in [0.2, 0.25) is 0 Å². The van der Waals surface area contributed by atoms with Crippen molar-refractivity contribution in [3.05, 3.63) is 12.2 Å². The van der Waals surface area contributed by atoms with Crippen molar-refractivity contribution in [1.82, 2.24) is 4.90 Å². The third-order valence-corrected chi connectivity index (χ3v) is 2.75. The second kappa shape index (κ2) is 3.09. The Morgan fingerprint density at radius 1 is 1.46 bits per heavy atom. The highest BCUT2D eigenvalue weighted by Gasteiger charge is 2.39. The van der Waals surface area contributed by atoms with E-state index >= 15 is 0 Å². The van der Waals surface area contributed by atoms with Crippen LogP contribution in [0.3, 0.4) is 0 Å². The van der Waals surface area contributed by atoms with Crippen molar-refractivity contribution in [2.24, 2.45) is 0 Å². The standard InChI is InChI=1S/C9H11F2NO/c10-8(11)9(13)12-6-2-1-3-7(12)5-4-6/h1-2,6-8H,3-5H2. The van der Waals surface area contributed by atoms with Crippen LogP contribution < -0.4 is 0 Å². The number of carbonyl (C=O) groups excluding carboxylic acids is 1. The smallest absolute Gasteiger partial charge is 0.315 e. The van der Waals surface area contributed by atoms with E-state index in [-0.39, 0.29) is 12.1 Å². The summed E-state index contributed by atoms with van der Waals surface area (Å²) < 4.78 is 24.3. The molecule has 2 aliphatic heterocycles. The fraction of sp³-hybridized carbons (Fsp3) is 0.667. The van der Waals surface area contributed by atoms with Crippen LogP contribution in [-0.4, -0.2) is 29.3 Å². The number of hydrogen-bond donors (Lipinski definition) is 0. The van der Waals surface area contributed by atoms with E-state index in [1.807, 2.05) is 12.2 Å². The first kappa shape index (κ1) is 8.66. The van der Waals surface area contributed by atoms with Crippen molar-refractivity contribution >= 4 is 5.91 Å². The monoisotopic (exact) mass is 187 g/mol. The van der Waals surface area contributed by atoms with Crippen LogP contribution in [0.15, 0.2) is 12.2 Å². The molecule has 2 heterocycles. The fourth-order valence-corrected chi connectivity index (χ4v) is 2.18. The van der Waals surface area contributed by atoms with Crippen molar-refractivity contribution in [3.63, 3.8) is 0 Å². The number of carbonyl (C=O) groups is 1. The Kier molecular flexibility index (Phi) is 2.06. The third-order valence-electron chi connectivity index (χ3n) is 2.75. The summed E-state index contributed by atoms with van der Waals surface area (Å²) in [6.45, 7) is 0. The van der Waals surface area contributed by atoms with Gasteiger partial charge in [0.15, 0.2) is 0 Å². The van der Waals surface area contributed by atoms with Gasteiger partial charge >= 0.3 is 6.43 Å². The molecule has 0 aliphatic carbocycles. The number of rotatable bonds is 1. The molecule has 4 heteroatoms. The van der Waals surface area contributed by atoms with Crippen LogP contribution in [0.4, 0.5) is 8.78 Å². The van der Waals surface area contributed by atoms with E-state index in [1.54, 1.807) is 0 Å². The second-order valence-electron chi connectivity index (χ2n) is 3.51. The largest absolute Gasteiger partial charge is 0.328 e. The van der Waals surface area contributed by atoms with Crippen molar-refractivity contribution in [2.45, 2.75) is 37.8 Å². The van der Waals surface area contributed by atoms with E-state index in [0.29, 0.717) is 0 Å². The van der Waals surface area contributed by atoms with E-state index in [2.05, 4.69) is 0 Å². The van der Waals surface area contributed by atoms with Gasteiger partial charge in [0.1, 0.15) is 0 Å². The van der Waals surface area contributed by atoms with E-state index < -0.39 is 12.3 Å². The maximum atomic E-state index is 12.2. The van der Waals surface area contributed by atoms with Gasteiger partial charge in [0.25, 0.3) is 5.91 Å². The van der Waals surface area contributed by atoms with Crippen LogP contribution in [0.1, 0.15) is 19.3 Å². The van der Waals surface area contributed by atoms with Crippen LogP contribution in [0.5, 0.6) is 0 Å². The molecule has 2 nitrogen and oxygen atoms in total. The molecular weight excluding hydrogens is 176 g/mol. The molecule has 0 N–H and O–H groups in total. The number of hydrogen-bond acceptors (Lipinski definition) is 1. The summed E-state index contributed by atoms with van der Waals surface area (Å²) in [5.74, 6) is -1.00. The maximum Gasteiger partial charge on any atom is 0.315 e. The van der Waals surface area contributed by atoms with Crippen LogP contribution in [0.2, 0.25) is 0 Å². The molecule has 0 aromatic rings. The molecule has 1 fully saturated rings. The summed E-state index contributed by atoms with van der Waals surface area (Å²) in [7, 11) is 0. The summed E-state index contributed by atoms with van der Waals surface area (Å²) >= 11 is 0. The minimum Gasteiger partial charge on any atom is -0.328 e. The van der Waals surface area contributed by atoms with Gasteiger partial charge in [-0.1, -0.05) is 12.2 Å². The van der Waals surface area contributed by atoms with E-state index in [9.17, 15) is 13.6 Å². The zero-order chi connectivity index (χ0) is 9.42. The quantitative estimate of drug-likeness (QED) is 0.570. The second-order valence-corrected chi connectivity index (χ2v) is 3.51. The first-order valence-electron chi connectivity index (χ1n) is 4.47. The Morgan fingerprint density at radius 2 is 2.23 bits per heavy atom. The van der Waals surface area contributed by atoms with Gasteiger partial charge < -0.3 is 4.90 Å². The molecule has 2 unspecified atom stereocenters. The van der Waals surface area contributed by atoms with Gasteiger partial charge in [-0.3, -0.25) is 4.79 Å². The van der Waals surface area contributed by atoms with Gasteiger partial charge in [-0.25, -0.2) is 0 Å². The molecule has 0 saturated carbocycles. The highest BCUT2D eigenvalue weighted by molar-refractivity contribution is 5.80. The lowest BCUT2D eigenvalue weighted by Crippen LogP contribution is -2.45. The van der Waals surface area contributed by atoms with Crippen LogP contribution in [-0.2, 0) is 4.79 Å². The summed E-state index contributed by atoms with van der Waals surface area (Å²) in [6.07, 6.45) is 3.42. The van der Waals surface area contributed by atoms with E-state index in [0.717, 1.165) is 19.3 Å². The predicted octanol–water partition coefficient (Wildman–Crippen LogP) is 1.57. The third kappa shape index (κ3) is 1.34. The molecule has 2 bridgehead atoms. The molecule has 1 amide bonds. The van der Waals surface area contributed by atoms with Crippen LogP contribution >= 0.6 is 0 Å². The number of halogens is 2. The molecule has 13 heavy (non-hydrogen) atoms. The van der Waals surface area contributed by atoms with Crippen molar-refractivity contribution < 1.29 is 13.6 Å². The molecule has 0 aromatic carbocycles. The minimum absolute atomic E-state index is 0.0245. The van der Waals surface area contributed by atoms with Crippen LogP contribution in [0, 0.1) is 0 Å². The van der Waals surface area contributed by atoms with Crippen molar-refractivity contribution in [2.75, 3.05) is 0 Å². The molecule has 2 atom stereocenters. The van der Waals surface area contributed by atoms with Crippen LogP contribution in [0.25, 0.3) is 0 Å². The normalized spacial score (nSPS) is 31.5. The molecule has 2 aliphatic rings. The van der Waals surface area contributed by atoms with Crippen molar-refractivity contribution in [1.29, 1.82) is 0 Å². The number of alkyl halides is 2. The summed E-state index contributed by atoms with van der Waals surface area (Å²) in [6, 6.07) is -0.0447. The summed E-state index contributed by atoms with van der Waals surface area (Å²) in [4.78, 5) is 12.5. The van der Waals surface area contributed by atoms with Gasteiger partial charge in [0.05, 0.1) is 6.04 Å². The molecule has 0 spiro atoms. The first-order chi connectivity index (χ1) is 6.20. The Morgan fingerprint density at radius 3 is 2.85 bits per heavy atom. The Balaban J connectivity index is 2.16. The molecule has 72 valence electrons. The predicted molar refractivity (Wildman–Crippen MR) is 43.4 cm³/mol. The Hall–Kier alpha value is -0.930. The Labute approximate surface area is 75.2 Å². The first-order valence-corrected chi connectivity index (χ1v) is 4.47. The zero-order valence-corrected chi connectivity index (χ0v) is 7.12. The number of amides is 1. The maximum absolute atomic E-state index is 12.2. The minimum atomic E-state index is -2.85. The molecule has 0 aromatic heterocycles. The molecule has 2 rings (SSSR count). The zero-order valence-electron chi connectivity index (χ0n) is 7.12. The van der Waals surface area contributed by atoms with E-state index in [1.165, 1.54) is 4.90 Å². The average molecular weight is 187 g/mol. The van der Waals surface area contributed by atoms with Gasteiger partial charge in [0, 0.05) is 6.04 Å². The lowest BCUT2D eigenvalue weighted by atomic mass is 10.1. The summed E-state index contributed by atoms with van der Waals surface area (Å²) in [5.41, 5.74) is 0. The van der Waals surface area contributed by atoms with Gasteiger partial charge in [-0.2, -0.15) is 8.78 Å². The van der Waals surface area contributed by atoms with Crippen molar-refractivity contribution in [3.8, 4) is 0 Å². The lowest BCUT2D eigenvalue weighted by Gasteiger charge is -2.30. The highest BCUT2D eigenvalue weighted by Crippen LogP contribution is 2.32. The fourth-order valence-electron chi connectivity index (χ4n) is 2.18. The molecule has 1 saturated heterocycles.